The highest BCUT2D eigenvalue weighted by Gasteiger charge is 2.17. The maximum Gasteiger partial charge on any atom is 0.317 e. The Labute approximate surface area is 112 Å². The van der Waals surface area contributed by atoms with Crippen molar-refractivity contribution in [2.24, 2.45) is 0 Å². The number of aromatic nitrogens is 1. The first-order valence-electron chi connectivity index (χ1n) is 5.89. The van der Waals surface area contributed by atoms with Crippen LogP contribution in [-0.4, -0.2) is 41.2 Å². The molecule has 5 nitrogen and oxygen atoms in total. The van der Waals surface area contributed by atoms with Gasteiger partial charge in [0.1, 0.15) is 5.01 Å². The Morgan fingerprint density at radius 3 is 2.72 bits per heavy atom. The molecule has 1 aromatic rings. The molecule has 102 valence electrons. The fraction of sp³-hybridized carbons (Fsp3) is 0.667. The average Bonchev–Trinajstić information content (AvgIpc) is 2.74. The van der Waals surface area contributed by atoms with Gasteiger partial charge in [0.25, 0.3) is 0 Å². The van der Waals surface area contributed by atoms with Gasteiger partial charge in [0.15, 0.2) is 0 Å². The lowest BCUT2D eigenvalue weighted by atomic mass is 9.93. The van der Waals surface area contributed by atoms with E-state index in [9.17, 15) is 4.79 Å². The number of urea groups is 1. The lowest BCUT2D eigenvalue weighted by Crippen LogP contribution is -2.38. The second-order valence-electron chi connectivity index (χ2n) is 5.18. The number of thiazole rings is 1. The van der Waals surface area contributed by atoms with Gasteiger partial charge in [-0.3, -0.25) is 0 Å². The number of aliphatic hydroxyl groups is 1. The Kier molecular flexibility index (Phi) is 5.10. The predicted octanol–water partition coefficient (Wildman–Crippen LogP) is 1.57. The zero-order valence-corrected chi connectivity index (χ0v) is 12.2. The van der Waals surface area contributed by atoms with Gasteiger partial charge in [0, 0.05) is 24.4 Å². The number of hydrogen-bond donors (Lipinski definition) is 2. The van der Waals surface area contributed by atoms with E-state index in [4.69, 9.17) is 5.11 Å². The van der Waals surface area contributed by atoms with E-state index in [1.54, 1.807) is 18.4 Å². The minimum absolute atomic E-state index is 0.0324. The number of carbonyl (C=O) groups excluding carboxylic acids is 1. The van der Waals surface area contributed by atoms with Gasteiger partial charge >= 0.3 is 6.03 Å². The largest absolute Gasteiger partial charge is 0.395 e. The minimum atomic E-state index is -0.198. The first-order valence-corrected chi connectivity index (χ1v) is 6.77. The molecule has 2 N–H and O–H groups in total. The first kappa shape index (κ1) is 14.9. The highest BCUT2D eigenvalue weighted by atomic mass is 32.1. The van der Waals surface area contributed by atoms with Gasteiger partial charge in [-0.15, -0.1) is 11.3 Å². The summed E-state index contributed by atoms with van der Waals surface area (Å²) in [5, 5.41) is 14.4. The summed E-state index contributed by atoms with van der Waals surface area (Å²) in [7, 11) is 1.65. The van der Waals surface area contributed by atoms with E-state index in [0.29, 0.717) is 13.1 Å². The van der Waals surface area contributed by atoms with Crippen molar-refractivity contribution >= 4 is 17.4 Å². The lowest BCUT2D eigenvalue weighted by molar-refractivity contribution is 0.190. The Morgan fingerprint density at radius 2 is 2.22 bits per heavy atom. The molecule has 0 aliphatic carbocycles. The van der Waals surface area contributed by atoms with Crippen LogP contribution < -0.4 is 5.32 Å². The van der Waals surface area contributed by atoms with E-state index in [1.165, 1.54) is 4.90 Å². The number of aliphatic hydroxyl groups excluding tert-OH is 1. The van der Waals surface area contributed by atoms with Gasteiger partial charge < -0.3 is 15.3 Å². The van der Waals surface area contributed by atoms with Crippen LogP contribution >= 0.6 is 11.3 Å². The summed E-state index contributed by atoms with van der Waals surface area (Å²) in [6.45, 7) is 7.06. The first-order chi connectivity index (χ1) is 8.34. The monoisotopic (exact) mass is 271 g/mol. The molecule has 0 spiro atoms. The minimum Gasteiger partial charge on any atom is -0.395 e. The average molecular weight is 271 g/mol. The maximum atomic E-state index is 11.6. The standard InChI is InChI=1S/C12H21N3O2S/c1-12(2,3)9-8-18-10(14-9)7-13-11(17)15(4)5-6-16/h8,16H,5-7H2,1-4H3,(H,13,17). The number of carbonyl (C=O) groups is 1. The third-order valence-corrected chi connectivity index (χ3v) is 3.34. The summed E-state index contributed by atoms with van der Waals surface area (Å²) in [6.07, 6.45) is 0. The van der Waals surface area contributed by atoms with E-state index in [0.717, 1.165) is 10.7 Å². The molecule has 0 unspecified atom stereocenters. The van der Waals surface area contributed by atoms with Crippen LogP contribution in [0.15, 0.2) is 5.38 Å². The van der Waals surface area contributed by atoms with Crippen molar-refractivity contribution in [1.29, 1.82) is 0 Å². The maximum absolute atomic E-state index is 11.6. The summed E-state index contributed by atoms with van der Waals surface area (Å²) >= 11 is 1.55. The summed E-state index contributed by atoms with van der Waals surface area (Å²) in [4.78, 5) is 17.5. The van der Waals surface area contributed by atoms with Crippen molar-refractivity contribution in [3.05, 3.63) is 16.1 Å². The highest BCUT2D eigenvalue weighted by molar-refractivity contribution is 7.09. The fourth-order valence-corrected chi connectivity index (χ4v) is 2.23. The fourth-order valence-electron chi connectivity index (χ4n) is 1.27. The molecular formula is C12H21N3O2S. The lowest BCUT2D eigenvalue weighted by Gasteiger charge is -2.16. The van der Waals surface area contributed by atoms with Crippen LogP contribution in [0.1, 0.15) is 31.5 Å². The van der Waals surface area contributed by atoms with Crippen molar-refractivity contribution in [3.8, 4) is 0 Å². The Morgan fingerprint density at radius 1 is 1.56 bits per heavy atom. The third kappa shape index (κ3) is 4.27. The molecule has 0 saturated carbocycles. The van der Waals surface area contributed by atoms with Crippen LogP contribution in [-0.2, 0) is 12.0 Å². The Hall–Kier alpha value is -1.14. The summed E-state index contributed by atoms with van der Waals surface area (Å²) in [5.41, 5.74) is 1.08. The third-order valence-electron chi connectivity index (χ3n) is 2.49. The second-order valence-corrected chi connectivity index (χ2v) is 6.12. The molecule has 0 saturated heterocycles. The summed E-state index contributed by atoms with van der Waals surface area (Å²) in [6, 6.07) is -0.198. The van der Waals surface area contributed by atoms with Crippen LogP contribution in [0.3, 0.4) is 0 Å². The highest BCUT2D eigenvalue weighted by Crippen LogP contribution is 2.23. The van der Waals surface area contributed by atoms with Gasteiger partial charge in [-0.1, -0.05) is 20.8 Å². The van der Waals surface area contributed by atoms with E-state index < -0.39 is 0 Å². The number of amides is 2. The van der Waals surface area contributed by atoms with Crippen molar-refractivity contribution in [2.75, 3.05) is 20.2 Å². The molecule has 2 amide bonds. The molecule has 0 bridgehead atoms. The van der Waals surface area contributed by atoms with Gasteiger partial charge in [-0.25, -0.2) is 9.78 Å². The number of hydrogen-bond acceptors (Lipinski definition) is 4. The van der Waals surface area contributed by atoms with Gasteiger partial charge in [-0.05, 0) is 0 Å². The van der Waals surface area contributed by atoms with Crippen LogP contribution in [0.25, 0.3) is 0 Å². The van der Waals surface area contributed by atoms with Crippen molar-refractivity contribution in [2.45, 2.75) is 32.7 Å². The molecular weight excluding hydrogens is 250 g/mol. The van der Waals surface area contributed by atoms with Gasteiger partial charge in [0.2, 0.25) is 0 Å². The molecule has 1 heterocycles. The van der Waals surface area contributed by atoms with E-state index in [1.807, 2.05) is 5.38 Å². The number of likely N-dealkylation sites (N-methyl/N-ethyl adjacent to an activating group) is 1. The molecule has 1 rings (SSSR count). The SMILES string of the molecule is CN(CCO)C(=O)NCc1nc(C(C)(C)C)cs1. The predicted molar refractivity (Wildman–Crippen MR) is 72.8 cm³/mol. The smallest absolute Gasteiger partial charge is 0.317 e. The van der Waals surface area contributed by atoms with Gasteiger partial charge in [0.05, 0.1) is 18.8 Å². The summed E-state index contributed by atoms with van der Waals surface area (Å²) in [5.74, 6) is 0. The van der Waals surface area contributed by atoms with Crippen LogP contribution in [0.2, 0.25) is 0 Å². The van der Waals surface area contributed by atoms with E-state index >= 15 is 0 Å². The van der Waals surface area contributed by atoms with Crippen LogP contribution in [0.4, 0.5) is 4.79 Å². The molecule has 0 aliphatic heterocycles. The topological polar surface area (TPSA) is 65.5 Å². The number of nitrogens with zero attached hydrogens (tertiary/aromatic N) is 2. The molecule has 0 fully saturated rings. The molecule has 0 radical (unpaired) electrons. The molecule has 0 aliphatic rings. The molecule has 0 atom stereocenters. The van der Waals surface area contributed by atoms with Crippen molar-refractivity contribution < 1.29 is 9.90 Å². The Balaban J connectivity index is 2.49. The zero-order valence-electron chi connectivity index (χ0n) is 11.4. The van der Waals surface area contributed by atoms with Crippen LogP contribution in [0.5, 0.6) is 0 Å². The van der Waals surface area contributed by atoms with Gasteiger partial charge in [-0.2, -0.15) is 0 Å². The zero-order chi connectivity index (χ0) is 13.8. The second kappa shape index (κ2) is 6.15. The quantitative estimate of drug-likeness (QED) is 0.873. The van der Waals surface area contributed by atoms with E-state index in [-0.39, 0.29) is 18.1 Å². The molecule has 0 aromatic carbocycles. The van der Waals surface area contributed by atoms with Crippen LogP contribution in [0, 0.1) is 0 Å². The normalized spacial score (nSPS) is 11.4. The molecule has 18 heavy (non-hydrogen) atoms. The van der Waals surface area contributed by atoms with E-state index in [2.05, 4.69) is 31.1 Å². The van der Waals surface area contributed by atoms with Crippen molar-refractivity contribution in [3.63, 3.8) is 0 Å². The molecule has 6 heteroatoms. The number of nitrogens with one attached hydrogen (secondary N) is 1. The Bertz CT molecular complexity index is 398. The number of rotatable bonds is 4. The summed E-state index contributed by atoms with van der Waals surface area (Å²) < 4.78 is 0. The van der Waals surface area contributed by atoms with Crippen molar-refractivity contribution in [1.82, 2.24) is 15.2 Å². The molecule has 1 aromatic heterocycles.